The van der Waals surface area contributed by atoms with Gasteiger partial charge in [-0.3, -0.25) is 0 Å². The van der Waals surface area contributed by atoms with Crippen molar-refractivity contribution in [2.45, 2.75) is 11.3 Å². The number of nitrogens with zero attached hydrogens (tertiary/aromatic N) is 2. The van der Waals surface area contributed by atoms with Gasteiger partial charge in [0, 0.05) is 0 Å². The maximum Gasteiger partial charge on any atom is 0.574 e. The second-order valence-electron chi connectivity index (χ2n) is 2.93. The summed E-state index contributed by atoms with van der Waals surface area (Å²) in [5, 5.41) is 13.2. The summed E-state index contributed by atoms with van der Waals surface area (Å²) in [5.41, 5.74) is 4.71. The van der Waals surface area contributed by atoms with Gasteiger partial charge >= 0.3 is 6.36 Å². The summed E-state index contributed by atoms with van der Waals surface area (Å²) < 4.78 is 61.6. The molecule has 0 spiro atoms. The van der Waals surface area contributed by atoms with Gasteiger partial charge in [0.1, 0.15) is 16.8 Å². The maximum atomic E-state index is 12.0. The van der Waals surface area contributed by atoms with Crippen LogP contribution in [-0.4, -0.2) is 19.8 Å². The summed E-state index contributed by atoms with van der Waals surface area (Å²) >= 11 is 0. The molecule has 0 bridgehead atoms. The lowest BCUT2D eigenvalue weighted by atomic mass is 10.3. The first-order valence-electron chi connectivity index (χ1n) is 4.04. The molecule has 1 aromatic heterocycles. The Morgan fingerprint density at radius 1 is 1.44 bits per heavy atom. The van der Waals surface area contributed by atoms with Gasteiger partial charge in [0.2, 0.25) is 15.9 Å². The predicted octanol–water partition coefficient (Wildman–Crippen LogP) is 0.0815. The molecule has 0 fully saturated rings. The number of nitrogens with two attached hydrogens (primary N) is 2. The van der Waals surface area contributed by atoms with E-state index in [1.54, 1.807) is 0 Å². The molecule has 0 aliphatic carbocycles. The molecular formula is C7H5F3N4O3S. The highest BCUT2D eigenvalue weighted by Crippen LogP contribution is 2.29. The molecule has 4 N–H and O–H groups in total. The molecule has 0 aliphatic rings. The molecule has 1 aromatic rings. The number of alkyl halides is 3. The molecule has 0 aliphatic heterocycles. The van der Waals surface area contributed by atoms with Crippen molar-refractivity contribution in [3.63, 3.8) is 0 Å². The fraction of sp³-hybridized carbons (Fsp3) is 0.143. The Bertz CT molecular complexity index is 620. The van der Waals surface area contributed by atoms with Crippen LogP contribution in [0, 0.1) is 11.3 Å². The third kappa shape index (κ3) is 3.22. The van der Waals surface area contributed by atoms with Crippen LogP contribution >= 0.6 is 0 Å². The number of sulfonamides is 1. The number of rotatable bonds is 2. The van der Waals surface area contributed by atoms with Crippen LogP contribution in [0.3, 0.4) is 0 Å². The molecule has 11 heteroatoms. The van der Waals surface area contributed by atoms with Crippen LogP contribution in [0.25, 0.3) is 0 Å². The Morgan fingerprint density at radius 2 is 2.00 bits per heavy atom. The largest absolute Gasteiger partial charge is 0.574 e. The fourth-order valence-electron chi connectivity index (χ4n) is 0.968. The molecule has 0 saturated heterocycles. The topological polar surface area (TPSA) is 132 Å². The third-order valence-corrected chi connectivity index (χ3v) is 2.53. The van der Waals surface area contributed by atoms with Crippen LogP contribution in [0.4, 0.5) is 19.0 Å². The standard InChI is InChI=1S/C7H5F3N4O3S/c8-7(9,10)17-6-4(18(13,15)16)1-3(2-11)5(12)14-6/h1H,(H2,12,14)(H2,13,15,16). The van der Waals surface area contributed by atoms with Gasteiger partial charge in [0.25, 0.3) is 0 Å². The summed E-state index contributed by atoms with van der Waals surface area (Å²) in [7, 11) is -4.55. The number of aromatic nitrogens is 1. The lowest BCUT2D eigenvalue weighted by Gasteiger charge is -2.11. The zero-order valence-electron chi connectivity index (χ0n) is 8.39. The number of anilines is 1. The molecular weight excluding hydrogens is 277 g/mol. The van der Waals surface area contributed by atoms with Crippen molar-refractivity contribution in [1.82, 2.24) is 4.98 Å². The molecule has 0 atom stereocenters. The first-order chi connectivity index (χ1) is 8.04. The Hall–Kier alpha value is -2.06. The smallest absolute Gasteiger partial charge is 0.386 e. The number of nitriles is 1. The summed E-state index contributed by atoms with van der Waals surface area (Å²) in [5.74, 6) is -1.94. The summed E-state index contributed by atoms with van der Waals surface area (Å²) in [6, 6.07) is 2.01. The Balaban J connectivity index is 3.51. The van der Waals surface area contributed by atoms with E-state index in [0.717, 1.165) is 0 Å². The minimum absolute atomic E-state index is 0.437. The minimum Gasteiger partial charge on any atom is -0.386 e. The van der Waals surface area contributed by atoms with E-state index in [4.69, 9.17) is 11.0 Å². The highest BCUT2D eigenvalue weighted by atomic mass is 32.2. The van der Waals surface area contributed by atoms with Crippen LogP contribution < -0.4 is 15.6 Å². The minimum atomic E-state index is -5.17. The van der Waals surface area contributed by atoms with E-state index in [9.17, 15) is 21.6 Å². The maximum absolute atomic E-state index is 12.0. The monoisotopic (exact) mass is 282 g/mol. The van der Waals surface area contributed by atoms with E-state index in [-0.39, 0.29) is 0 Å². The van der Waals surface area contributed by atoms with Gasteiger partial charge in [0.05, 0.1) is 5.56 Å². The molecule has 1 heterocycles. The van der Waals surface area contributed by atoms with Crippen molar-refractivity contribution >= 4 is 15.8 Å². The van der Waals surface area contributed by atoms with Crippen molar-refractivity contribution in [1.29, 1.82) is 5.26 Å². The van der Waals surface area contributed by atoms with Gasteiger partial charge in [-0.25, -0.2) is 13.6 Å². The van der Waals surface area contributed by atoms with Crippen LogP contribution in [0.2, 0.25) is 0 Å². The second kappa shape index (κ2) is 4.31. The number of primary sulfonamides is 1. The van der Waals surface area contributed by atoms with E-state index in [2.05, 4.69) is 14.9 Å². The van der Waals surface area contributed by atoms with Crippen LogP contribution in [0.15, 0.2) is 11.0 Å². The van der Waals surface area contributed by atoms with Crippen LogP contribution in [-0.2, 0) is 10.0 Å². The van der Waals surface area contributed by atoms with E-state index in [1.165, 1.54) is 6.07 Å². The quantitative estimate of drug-likeness (QED) is 0.789. The number of nitrogen functional groups attached to an aromatic ring is 1. The Kier molecular flexibility index (Phi) is 3.36. The second-order valence-corrected chi connectivity index (χ2v) is 4.46. The SMILES string of the molecule is N#Cc1cc(S(N)(=O)=O)c(OC(F)(F)F)nc1N. The van der Waals surface area contributed by atoms with E-state index < -0.39 is 38.5 Å². The van der Waals surface area contributed by atoms with Gasteiger partial charge in [-0.2, -0.15) is 10.2 Å². The van der Waals surface area contributed by atoms with Gasteiger partial charge in [0.15, 0.2) is 0 Å². The van der Waals surface area contributed by atoms with Crippen molar-refractivity contribution in [2.75, 3.05) is 5.73 Å². The van der Waals surface area contributed by atoms with Crippen LogP contribution in [0.5, 0.6) is 5.88 Å². The zero-order chi connectivity index (χ0) is 14.1. The van der Waals surface area contributed by atoms with E-state index in [0.29, 0.717) is 6.07 Å². The molecule has 0 aromatic carbocycles. The summed E-state index contributed by atoms with van der Waals surface area (Å²) in [6.45, 7) is 0. The number of ether oxygens (including phenoxy) is 1. The van der Waals surface area contributed by atoms with Crippen molar-refractivity contribution in [2.24, 2.45) is 5.14 Å². The van der Waals surface area contributed by atoms with E-state index in [1.807, 2.05) is 0 Å². The van der Waals surface area contributed by atoms with Crippen LogP contribution in [0.1, 0.15) is 5.56 Å². The number of pyridine rings is 1. The molecule has 1 rings (SSSR count). The molecule has 18 heavy (non-hydrogen) atoms. The molecule has 0 amide bonds. The third-order valence-electron chi connectivity index (χ3n) is 1.62. The van der Waals surface area contributed by atoms with Gasteiger partial charge in [-0.05, 0) is 6.07 Å². The Morgan fingerprint density at radius 3 is 2.39 bits per heavy atom. The van der Waals surface area contributed by atoms with Gasteiger partial charge < -0.3 is 10.5 Å². The first kappa shape index (κ1) is 14.0. The lowest BCUT2D eigenvalue weighted by molar-refractivity contribution is -0.277. The molecule has 0 unspecified atom stereocenters. The zero-order valence-corrected chi connectivity index (χ0v) is 9.21. The average molecular weight is 282 g/mol. The summed E-state index contributed by atoms with van der Waals surface area (Å²) in [6.07, 6.45) is -5.17. The number of halogens is 3. The predicted molar refractivity (Wildman–Crippen MR) is 51.4 cm³/mol. The molecule has 7 nitrogen and oxygen atoms in total. The highest BCUT2D eigenvalue weighted by Gasteiger charge is 2.35. The van der Waals surface area contributed by atoms with E-state index >= 15 is 0 Å². The first-order valence-corrected chi connectivity index (χ1v) is 5.58. The van der Waals surface area contributed by atoms with Crippen molar-refractivity contribution < 1.29 is 26.3 Å². The summed E-state index contributed by atoms with van der Waals surface area (Å²) in [4.78, 5) is 1.97. The average Bonchev–Trinajstić information content (AvgIpc) is 2.13. The Labute approximate surface area is 98.8 Å². The van der Waals surface area contributed by atoms with Crippen molar-refractivity contribution in [3.8, 4) is 11.9 Å². The fourth-order valence-corrected chi connectivity index (χ4v) is 1.58. The molecule has 0 radical (unpaired) electrons. The number of hydrogen-bond acceptors (Lipinski definition) is 6. The van der Waals surface area contributed by atoms with Crippen molar-refractivity contribution in [3.05, 3.63) is 11.6 Å². The van der Waals surface area contributed by atoms with Gasteiger partial charge in [-0.1, -0.05) is 0 Å². The van der Waals surface area contributed by atoms with Gasteiger partial charge in [-0.15, -0.1) is 13.2 Å². The lowest BCUT2D eigenvalue weighted by Crippen LogP contribution is -2.22. The normalized spacial score (nSPS) is 11.9. The number of hydrogen-bond donors (Lipinski definition) is 2. The highest BCUT2D eigenvalue weighted by molar-refractivity contribution is 7.89. The molecule has 0 saturated carbocycles. The molecule has 98 valence electrons.